The number of rotatable bonds is 1. The van der Waals surface area contributed by atoms with E-state index in [0.29, 0.717) is 0 Å². The Balaban J connectivity index is 1.95. The third-order valence-corrected chi connectivity index (χ3v) is 3.56. The summed E-state index contributed by atoms with van der Waals surface area (Å²) in [6, 6.07) is 0. The van der Waals surface area contributed by atoms with Gasteiger partial charge >= 0.3 is 0 Å². The summed E-state index contributed by atoms with van der Waals surface area (Å²) in [5.74, 6) is 0. The van der Waals surface area contributed by atoms with Gasteiger partial charge in [0.2, 0.25) is 0 Å². The highest BCUT2D eigenvalue weighted by Crippen LogP contribution is 2.40. The molecular weight excluding hydrogens is 164 g/mol. The van der Waals surface area contributed by atoms with Crippen molar-refractivity contribution in [1.82, 2.24) is 0 Å². The van der Waals surface area contributed by atoms with Gasteiger partial charge in [-0.15, -0.1) is 0 Å². The summed E-state index contributed by atoms with van der Waals surface area (Å²) in [4.78, 5) is 0. The Morgan fingerprint density at radius 2 is 1.77 bits per heavy atom. The minimum absolute atomic E-state index is 0.137. The van der Waals surface area contributed by atoms with Crippen molar-refractivity contribution in [2.24, 2.45) is 0 Å². The Bertz CT molecular complexity index is 159. The second kappa shape index (κ2) is 3.97. The van der Waals surface area contributed by atoms with Crippen molar-refractivity contribution < 1.29 is 9.84 Å². The first kappa shape index (κ1) is 9.47. The normalized spacial score (nSPS) is 33.5. The molecule has 1 saturated carbocycles. The summed E-state index contributed by atoms with van der Waals surface area (Å²) in [7, 11) is 0. The van der Waals surface area contributed by atoms with E-state index in [1.807, 2.05) is 0 Å². The van der Waals surface area contributed by atoms with Crippen molar-refractivity contribution in [3.63, 3.8) is 0 Å². The largest absolute Gasteiger partial charge is 0.394 e. The highest BCUT2D eigenvalue weighted by atomic mass is 16.5. The molecule has 13 heavy (non-hydrogen) atoms. The topological polar surface area (TPSA) is 29.5 Å². The first-order valence-corrected chi connectivity index (χ1v) is 5.63. The van der Waals surface area contributed by atoms with E-state index in [-0.39, 0.29) is 18.3 Å². The molecule has 2 aliphatic rings. The molecule has 2 fully saturated rings. The molecule has 1 N–H and O–H groups in total. The standard InChI is InChI=1S/C11H20O2/c12-9-10-5-8-11(13-10)6-3-1-2-4-7-11/h10,12H,1-9H2. The molecule has 0 radical (unpaired) electrons. The molecule has 0 aromatic heterocycles. The van der Waals surface area contributed by atoms with E-state index < -0.39 is 0 Å². The molecule has 0 bridgehead atoms. The van der Waals surface area contributed by atoms with E-state index >= 15 is 0 Å². The van der Waals surface area contributed by atoms with Crippen LogP contribution in [0.1, 0.15) is 51.4 Å². The number of hydrogen-bond donors (Lipinski definition) is 1. The summed E-state index contributed by atoms with van der Waals surface area (Å²) in [5.41, 5.74) is 0.171. The third-order valence-electron chi connectivity index (χ3n) is 3.56. The van der Waals surface area contributed by atoms with Crippen molar-refractivity contribution in [3.05, 3.63) is 0 Å². The predicted molar refractivity (Wildman–Crippen MR) is 51.6 cm³/mol. The maximum Gasteiger partial charge on any atom is 0.0814 e. The fraction of sp³-hybridized carbons (Fsp3) is 1.00. The predicted octanol–water partition coefficient (Wildman–Crippen LogP) is 2.25. The summed E-state index contributed by atoms with van der Waals surface area (Å²) in [5, 5.41) is 9.03. The molecule has 0 aromatic rings. The lowest BCUT2D eigenvalue weighted by molar-refractivity contribution is -0.0670. The Morgan fingerprint density at radius 1 is 1.08 bits per heavy atom. The van der Waals surface area contributed by atoms with Gasteiger partial charge in [0.25, 0.3) is 0 Å². The summed E-state index contributed by atoms with van der Waals surface area (Å²) in [6.45, 7) is 0.210. The Hall–Kier alpha value is -0.0800. The zero-order chi connectivity index (χ0) is 9.15. The van der Waals surface area contributed by atoms with Crippen LogP contribution in [0.5, 0.6) is 0 Å². The maximum atomic E-state index is 9.03. The molecule has 76 valence electrons. The molecule has 2 heteroatoms. The van der Waals surface area contributed by atoms with Gasteiger partial charge in [0.1, 0.15) is 0 Å². The Labute approximate surface area is 80.3 Å². The third kappa shape index (κ3) is 2.05. The molecule has 2 rings (SSSR count). The fourth-order valence-corrected chi connectivity index (χ4v) is 2.76. The summed E-state index contributed by atoms with van der Waals surface area (Å²) >= 11 is 0. The van der Waals surface area contributed by atoms with Crippen LogP contribution in [-0.4, -0.2) is 23.4 Å². The summed E-state index contributed by atoms with van der Waals surface area (Å²) in [6.07, 6.45) is 10.2. The zero-order valence-corrected chi connectivity index (χ0v) is 8.30. The number of ether oxygens (including phenoxy) is 1. The molecule has 1 aliphatic heterocycles. The van der Waals surface area contributed by atoms with Gasteiger partial charge < -0.3 is 9.84 Å². The second-order valence-corrected chi connectivity index (χ2v) is 4.56. The van der Waals surface area contributed by atoms with Crippen LogP contribution in [0.25, 0.3) is 0 Å². The van der Waals surface area contributed by atoms with E-state index in [4.69, 9.17) is 9.84 Å². The zero-order valence-electron chi connectivity index (χ0n) is 8.30. The second-order valence-electron chi connectivity index (χ2n) is 4.56. The van der Waals surface area contributed by atoms with Gasteiger partial charge in [0.05, 0.1) is 18.3 Å². The molecule has 1 saturated heterocycles. The van der Waals surface area contributed by atoms with E-state index in [9.17, 15) is 0 Å². The molecule has 1 unspecified atom stereocenters. The van der Waals surface area contributed by atoms with Gasteiger partial charge in [-0.1, -0.05) is 25.7 Å². The lowest BCUT2D eigenvalue weighted by Gasteiger charge is -2.27. The first-order chi connectivity index (χ1) is 6.35. The summed E-state index contributed by atoms with van der Waals surface area (Å²) < 4.78 is 5.97. The van der Waals surface area contributed by atoms with Crippen molar-refractivity contribution in [3.8, 4) is 0 Å². The fourth-order valence-electron chi connectivity index (χ4n) is 2.76. The van der Waals surface area contributed by atoms with Crippen LogP contribution in [0.15, 0.2) is 0 Å². The molecular formula is C11H20O2. The number of aliphatic hydroxyl groups is 1. The van der Waals surface area contributed by atoms with Crippen molar-refractivity contribution >= 4 is 0 Å². The van der Waals surface area contributed by atoms with Gasteiger partial charge in [0.15, 0.2) is 0 Å². The van der Waals surface area contributed by atoms with Gasteiger partial charge in [-0.2, -0.15) is 0 Å². The maximum absolute atomic E-state index is 9.03. The average Bonchev–Trinajstić information content (AvgIpc) is 2.40. The molecule has 1 atom stereocenters. The Morgan fingerprint density at radius 3 is 2.31 bits per heavy atom. The quantitative estimate of drug-likeness (QED) is 0.677. The highest BCUT2D eigenvalue weighted by Gasteiger charge is 2.39. The van der Waals surface area contributed by atoms with Gasteiger partial charge in [-0.3, -0.25) is 0 Å². The van der Waals surface area contributed by atoms with Crippen LogP contribution in [0, 0.1) is 0 Å². The smallest absolute Gasteiger partial charge is 0.0814 e. The van der Waals surface area contributed by atoms with Crippen LogP contribution in [0.2, 0.25) is 0 Å². The minimum Gasteiger partial charge on any atom is -0.394 e. The van der Waals surface area contributed by atoms with E-state index in [1.54, 1.807) is 0 Å². The van der Waals surface area contributed by atoms with Crippen molar-refractivity contribution in [2.75, 3.05) is 6.61 Å². The first-order valence-electron chi connectivity index (χ1n) is 5.63. The monoisotopic (exact) mass is 184 g/mol. The van der Waals surface area contributed by atoms with Crippen LogP contribution < -0.4 is 0 Å². The van der Waals surface area contributed by atoms with Crippen molar-refractivity contribution in [2.45, 2.75) is 63.1 Å². The van der Waals surface area contributed by atoms with Crippen molar-refractivity contribution in [1.29, 1.82) is 0 Å². The molecule has 1 spiro atoms. The lowest BCUT2D eigenvalue weighted by Crippen LogP contribution is -2.29. The van der Waals surface area contributed by atoms with Crippen LogP contribution in [-0.2, 0) is 4.74 Å². The molecule has 0 aromatic carbocycles. The lowest BCUT2D eigenvalue weighted by atomic mass is 9.91. The van der Waals surface area contributed by atoms with E-state index in [0.717, 1.165) is 6.42 Å². The van der Waals surface area contributed by atoms with Gasteiger partial charge in [-0.25, -0.2) is 0 Å². The van der Waals surface area contributed by atoms with Crippen LogP contribution in [0.3, 0.4) is 0 Å². The number of aliphatic hydroxyl groups excluding tert-OH is 1. The molecule has 2 nitrogen and oxygen atoms in total. The molecule has 1 heterocycles. The number of hydrogen-bond acceptors (Lipinski definition) is 2. The van der Waals surface area contributed by atoms with E-state index in [2.05, 4.69) is 0 Å². The Kier molecular flexibility index (Phi) is 2.89. The molecule has 0 amide bonds. The van der Waals surface area contributed by atoms with Gasteiger partial charge in [-0.05, 0) is 25.7 Å². The highest BCUT2D eigenvalue weighted by molar-refractivity contribution is 4.90. The van der Waals surface area contributed by atoms with Crippen LogP contribution >= 0.6 is 0 Å². The van der Waals surface area contributed by atoms with Gasteiger partial charge in [0, 0.05) is 0 Å². The minimum atomic E-state index is 0.137. The average molecular weight is 184 g/mol. The SMILES string of the molecule is OCC1CCC2(CCCCCC2)O1. The van der Waals surface area contributed by atoms with E-state index in [1.165, 1.54) is 44.9 Å². The van der Waals surface area contributed by atoms with Crippen LogP contribution in [0.4, 0.5) is 0 Å². The molecule has 1 aliphatic carbocycles.